The molecular formula is C18H25ClN2O2. The summed E-state index contributed by atoms with van der Waals surface area (Å²) < 4.78 is 0. The van der Waals surface area contributed by atoms with E-state index in [1.807, 2.05) is 26.0 Å². The first kappa shape index (κ1) is 17.8. The van der Waals surface area contributed by atoms with Crippen molar-refractivity contribution < 1.29 is 9.59 Å². The molecule has 4 nitrogen and oxygen atoms in total. The van der Waals surface area contributed by atoms with Gasteiger partial charge in [-0.2, -0.15) is 0 Å². The molecular weight excluding hydrogens is 312 g/mol. The Kier molecular flexibility index (Phi) is 6.46. The second-order valence-electron chi connectivity index (χ2n) is 6.29. The number of carbonyl (C=O) groups excluding carboxylic acids is 2. The SMILES string of the molecule is CCCNC(=O)C1CCC(C(=O)Nc2ccc(C)c(Cl)c2)CC1. The van der Waals surface area contributed by atoms with Crippen molar-refractivity contribution >= 4 is 29.1 Å². The third-order valence-electron chi connectivity index (χ3n) is 4.46. The maximum Gasteiger partial charge on any atom is 0.227 e. The van der Waals surface area contributed by atoms with Crippen molar-refractivity contribution in [3.05, 3.63) is 28.8 Å². The van der Waals surface area contributed by atoms with E-state index in [0.29, 0.717) is 5.02 Å². The normalized spacial score (nSPS) is 20.8. The fourth-order valence-electron chi connectivity index (χ4n) is 2.93. The van der Waals surface area contributed by atoms with Gasteiger partial charge in [-0.15, -0.1) is 0 Å². The minimum Gasteiger partial charge on any atom is -0.356 e. The third kappa shape index (κ3) is 4.96. The van der Waals surface area contributed by atoms with Crippen LogP contribution in [0.15, 0.2) is 18.2 Å². The first-order valence-electron chi connectivity index (χ1n) is 8.36. The minimum absolute atomic E-state index is 0.0229. The van der Waals surface area contributed by atoms with E-state index < -0.39 is 0 Å². The van der Waals surface area contributed by atoms with E-state index in [2.05, 4.69) is 10.6 Å². The lowest BCUT2D eigenvalue weighted by Gasteiger charge is -2.27. The summed E-state index contributed by atoms with van der Waals surface area (Å²) >= 11 is 6.08. The molecule has 126 valence electrons. The second-order valence-corrected chi connectivity index (χ2v) is 6.70. The lowest BCUT2D eigenvalue weighted by Crippen LogP contribution is -2.35. The number of aryl methyl sites for hydroxylation is 1. The Morgan fingerprint density at radius 3 is 2.30 bits per heavy atom. The van der Waals surface area contributed by atoms with Crippen molar-refractivity contribution in [3.63, 3.8) is 0 Å². The van der Waals surface area contributed by atoms with Crippen LogP contribution in [-0.2, 0) is 9.59 Å². The largest absolute Gasteiger partial charge is 0.356 e. The summed E-state index contributed by atoms with van der Waals surface area (Å²) in [5.41, 5.74) is 1.72. The molecule has 0 saturated heterocycles. The molecule has 0 bridgehead atoms. The zero-order valence-electron chi connectivity index (χ0n) is 13.8. The Balaban J connectivity index is 1.83. The highest BCUT2D eigenvalue weighted by Gasteiger charge is 2.29. The smallest absolute Gasteiger partial charge is 0.227 e. The Morgan fingerprint density at radius 2 is 1.74 bits per heavy atom. The number of hydrogen-bond acceptors (Lipinski definition) is 2. The summed E-state index contributed by atoms with van der Waals surface area (Å²) in [4.78, 5) is 24.3. The van der Waals surface area contributed by atoms with Crippen LogP contribution in [-0.4, -0.2) is 18.4 Å². The molecule has 0 spiro atoms. The molecule has 0 aliphatic heterocycles. The summed E-state index contributed by atoms with van der Waals surface area (Å²) in [7, 11) is 0. The van der Waals surface area contributed by atoms with Gasteiger partial charge in [-0.25, -0.2) is 0 Å². The molecule has 0 unspecified atom stereocenters. The van der Waals surface area contributed by atoms with Crippen LogP contribution in [0.5, 0.6) is 0 Å². The van der Waals surface area contributed by atoms with Gasteiger partial charge in [0.25, 0.3) is 0 Å². The number of carbonyl (C=O) groups is 2. The van der Waals surface area contributed by atoms with Gasteiger partial charge in [0.15, 0.2) is 0 Å². The van der Waals surface area contributed by atoms with Crippen LogP contribution in [0.2, 0.25) is 5.02 Å². The predicted molar refractivity (Wildman–Crippen MR) is 93.6 cm³/mol. The molecule has 0 atom stereocenters. The Labute approximate surface area is 143 Å². The zero-order valence-corrected chi connectivity index (χ0v) is 14.6. The van der Waals surface area contributed by atoms with Crippen molar-refractivity contribution in [2.75, 3.05) is 11.9 Å². The molecule has 1 aliphatic rings. The quantitative estimate of drug-likeness (QED) is 0.856. The molecule has 0 aromatic heterocycles. The number of nitrogens with one attached hydrogen (secondary N) is 2. The summed E-state index contributed by atoms with van der Waals surface area (Å²) in [5, 5.41) is 6.53. The number of halogens is 1. The highest BCUT2D eigenvalue weighted by molar-refractivity contribution is 6.31. The van der Waals surface area contributed by atoms with Crippen molar-refractivity contribution in [2.24, 2.45) is 11.8 Å². The molecule has 0 radical (unpaired) electrons. The van der Waals surface area contributed by atoms with Crippen LogP contribution >= 0.6 is 11.6 Å². The fraction of sp³-hybridized carbons (Fsp3) is 0.556. The maximum absolute atomic E-state index is 12.4. The van der Waals surface area contributed by atoms with Gasteiger partial charge in [0.05, 0.1) is 0 Å². The van der Waals surface area contributed by atoms with Gasteiger partial charge in [0.2, 0.25) is 11.8 Å². The zero-order chi connectivity index (χ0) is 16.8. The molecule has 0 heterocycles. The van der Waals surface area contributed by atoms with Crippen LogP contribution < -0.4 is 10.6 Å². The summed E-state index contributed by atoms with van der Waals surface area (Å²) in [6.07, 6.45) is 4.03. The van der Waals surface area contributed by atoms with Gasteiger partial charge in [-0.05, 0) is 56.7 Å². The van der Waals surface area contributed by atoms with Crippen LogP contribution in [0.1, 0.15) is 44.6 Å². The summed E-state index contributed by atoms with van der Waals surface area (Å²) in [6.45, 7) is 4.70. The maximum atomic E-state index is 12.4. The van der Waals surface area contributed by atoms with Gasteiger partial charge in [-0.1, -0.05) is 24.6 Å². The van der Waals surface area contributed by atoms with Crippen LogP contribution in [0.25, 0.3) is 0 Å². The van der Waals surface area contributed by atoms with E-state index >= 15 is 0 Å². The number of hydrogen-bond donors (Lipinski definition) is 2. The second kappa shape index (κ2) is 8.34. The van der Waals surface area contributed by atoms with E-state index in [-0.39, 0.29) is 23.7 Å². The number of anilines is 1. The highest BCUT2D eigenvalue weighted by Crippen LogP contribution is 2.30. The Hall–Kier alpha value is -1.55. The molecule has 2 N–H and O–H groups in total. The molecule has 23 heavy (non-hydrogen) atoms. The van der Waals surface area contributed by atoms with E-state index in [4.69, 9.17) is 11.6 Å². The van der Waals surface area contributed by atoms with Crippen molar-refractivity contribution in [2.45, 2.75) is 46.0 Å². The summed E-state index contributed by atoms with van der Waals surface area (Å²) in [6, 6.07) is 5.54. The highest BCUT2D eigenvalue weighted by atomic mass is 35.5. The lowest BCUT2D eigenvalue weighted by atomic mass is 9.81. The van der Waals surface area contributed by atoms with Crippen LogP contribution in [0.4, 0.5) is 5.69 Å². The summed E-state index contributed by atoms with van der Waals surface area (Å²) in [5.74, 6) is 0.193. The van der Waals surface area contributed by atoms with E-state index in [0.717, 1.165) is 49.9 Å². The van der Waals surface area contributed by atoms with E-state index in [9.17, 15) is 9.59 Å². The number of rotatable bonds is 5. The molecule has 2 amide bonds. The molecule has 1 aromatic carbocycles. The number of amides is 2. The van der Waals surface area contributed by atoms with E-state index in [1.54, 1.807) is 6.07 Å². The standard InChI is InChI=1S/C18H25ClN2O2/c1-3-10-20-17(22)13-5-7-14(8-6-13)18(23)21-15-9-4-12(2)16(19)11-15/h4,9,11,13-14H,3,5-8,10H2,1-2H3,(H,20,22)(H,21,23). The molecule has 1 aromatic rings. The average Bonchev–Trinajstić information content (AvgIpc) is 2.56. The van der Waals surface area contributed by atoms with Crippen molar-refractivity contribution in [1.82, 2.24) is 5.32 Å². The van der Waals surface area contributed by atoms with Gasteiger partial charge in [0, 0.05) is 29.1 Å². The number of benzene rings is 1. The van der Waals surface area contributed by atoms with Crippen molar-refractivity contribution in [1.29, 1.82) is 0 Å². The van der Waals surface area contributed by atoms with Gasteiger partial charge >= 0.3 is 0 Å². The first-order valence-corrected chi connectivity index (χ1v) is 8.73. The molecule has 1 fully saturated rings. The predicted octanol–water partition coefficient (Wildman–Crippen LogP) is 3.92. The van der Waals surface area contributed by atoms with Gasteiger partial charge < -0.3 is 10.6 Å². The molecule has 1 saturated carbocycles. The monoisotopic (exact) mass is 336 g/mol. The Morgan fingerprint density at radius 1 is 1.13 bits per heavy atom. The molecule has 1 aliphatic carbocycles. The van der Waals surface area contributed by atoms with Crippen LogP contribution in [0.3, 0.4) is 0 Å². The fourth-order valence-corrected chi connectivity index (χ4v) is 3.11. The van der Waals surface area contributed by atoms with Gasteiger partial charge in [-0.3, -0.25) is 9.59 Å². The van der Waals surface area contributed by atoms with E-state index in [1.165, 1.54) is 0 Å². The van der Waals surface area contributed by atoms with Crippen molar-refractivity contribution in [3.8, 4) is 0 Å². The Bertz CT molecular complexity index is 566. The van der Waals surface area contributed by atoms with Gasteiger partial charge in [0.1, 0.15) is 0 Å². The third-order valence-corrected chi connectivity index (χ3v) is 4.86. The topological polar surface area (TPSA) is 58.2 Å². The lowest BCUT2D eigenvalue weighted by molar-refractivity contribution is -0.128. The first-order chi connectivity index (χ1) is 11.0. The van der Waals surface area contributed by atoms with Crippen LogP contribution in [0, 0.1) is 18.8 Å². The molecule has 5 heteroatoms. The average molecular weight is 337 g/mol. The molecule has 2 rings (SSSR count). The minimum atomic E-state index is -0.0229.